The number of anilines is 1. The number of carbonyl (C=O) groups excluding carboxylic acids is 2. The van der Waals surface area contributed by atoms with Gasteiger partial charge < -0.3 is 10.1 Å². The molecule has 2 aromatic carbocycles. The SMILES string of the molecule is C[C@@H](OC(=O)c1csc(-c2ccccc2)n1)C(=O)Nc1ccccc1F. The summed E-state index contributed by atoms with van der Waals surface area (Å²) >= 11 is 1.31. The van der Waals surface area contributed by atoms with Gasteiger partial charge in [-0.15, -0.1) is 11.3 Å². The summed E-state index contributed by atoms with van der Waals surface area (Å²) < 4.78 is 18.7. The van der Waals surface area contributed by atoms with Crippen molar-refractivity contribution in [3.8, 4) is 10.6 Å². The zero-order chi connectivity index (χ0) is 18.5. The van der Waals surface area contributed by atoms with Gasteiger partial charge in [-0.05, 0) is 19.1 Å². The van der Waals surface area contributed by atoms with E-state index >= 15 is 0 Å². The second-order valence-corrected chi connectivity index (χ2v) is 6.28. The zero-order valence-corrected chi connectivity index (χ0v) is 14.6. The Balaban J connectivity index is 1.63. The monoisotopic (exact) mass is 370 g/mol. The van der Waals surface area contributed by atoms with Gasteiger partial charge in [0.25, 0.3) is 5.91 Å². The molecule has 1 N–H and O–H groups in total. The molecule has 0 saturated carbocycles. The summed E-state index contributed by atoms with van der Waals surface area (Å²) in [6, 6.07) is 15.2. The molecule has 3 rings (SSSR count). The normalized spacial score (nSPS) is 11.6. The lowest BCUT2D eigenvalue weighted by Gasteiger charge is -2.13. The number of ether oxygens (including phenoxy) is 1. The van der Waals surface area contributed by atoms with E-state index < -0.39 is 23.8 Å². The van der Waals surface area contributed by atoms with Gasteiger partial charge in [0.1, 0.15) is 10.8 Å². The molecule has 0 aliphatic heterocycles. The third-order valence-corrected chi connectivity index (χ3v) is 4.41. The van der Waals surface area contributed by atoms with Gasteiger partial charge in [0, 0.05) is 10.9 Å². The first-order valence-electron chi connectivity index (χ1n) is 7.82. The summed E-state index contributed by atoms with van der Waals surface area (Å²) in [7, 11) is 0. The Morgan fingerprint density at radius 1 is 1.12 bits per heavy atom. The van der Waals surface area contributed by atoms with E-state index in [4.69, 9.17) is 4.74 Å². The summed E-state index contributed by atoms with van der Waals surface area (Å²) in [6.45, 7) is 1.42. The molecular formula is C19H15FN2O3S. The number of nitrogens with zero attached hydrogens (tertiary/aromatic N) is 1. The van der Waals surface area contributed by atoms with Gasteiger partial charge in [0.2, 0.25) is 0 Å². The maximum Gasteiger partial charge on any atom is 0.358 e. The van der Waals surface area contributed by atoms with Crippen molar-refractivity contribution in [1.82, 2.24) is 4.98 Å². The van der Waals surface area contributed by atoms with Crippen LogP contribution in [0.2, 0.25) is 0 Å². The first kappa shape index (κ1) is 17.8. The molecule has 0 fully saturated rings. The summed E-state index contributed by atoms with van der Waals surface area (Å²) in [4.78, 5) is 28.5. The highest BCUT2D eigenvalue weighted by Crippen LogP contribution is 2.23. The van der Waals surface area contributed by atoms with E-state index in [9.17, 15) is 14.0 Å². The molecule has 1 amide bonds. The molecule has 0 radical (unpaired) electrons. The van der Waals surface area contributed by atoms with Crippen molar-refractivity contribution in [2.24, 2.45) is 0 Å². The van der Waals surface area contributed by atoms with Crippen LogP contribution in [-0.2, 0) is 9.53 Å². The number of hydrogen-bond donors (Lipinski definition) is 1. The third-order valence-electron chi connectivity index (χ3n) is 3.52. The van der Waals surface area contributed by atoms with Crippen LogP contribution in [0.3, 0.4) is 0 Å². The fourth-order valence-electron chi connectivity index (χ4n) is 2.15. The van der Waals surface area contributed by atoms with Crippen LogP contribution in [0, 0.1) is 5.82 Å². The lowest BCUT2D eigenvalue weighted by molar-refractivity contribution is -0.123. The van der Waals surface area contributed by atoms with E-state index in [2.05, 4.69) is 10.3 Å². The van der Waals surface area contributed by atoms with Crippen LogP contribution in [0.5, 0.6) is 0 Å². The Morgan fingerprint density at radius 2 is 1.81 bits per heavy atom. The average molecular weight is 370 g/mol. The van der Waals surface area contributed by atoms with Crippen molar-refractivity contribution in [2.75, 3.05) is 5.32 Å². The summed E-state index contributed by atoms with van der Waals surface area (Å²) in [5.41, 5.74) is 1.04. The number of para-hydroxylation sites is 1. The van der Waals surface area contributed by atoms with Crippen LogP contribution in [0.15, 0.2) is 60.0 Å². The molecule has 7 heteroatoms. The Bertz CT molecular complexity index is 927. The molecule has 0 aliphatic rings. The van der Waals surface area contributed by atoms with Gasteiger partial charge in [-0.2, -0.15) is 0 Å². The minimum absolute atomic E-state index is 0.0282. The molecule has 0 saturated heterocycles. The molecule has 3 aromatic rings. The Morgan fingerprint density at radius 3 is 2.54 bits per heavy atom. The van der Waals surface area contributed by atoms with Gasteiger partial charge in [-0.25, -0.2) is 14.2 Å². The minimum Gasteiger partial charge on any atom is -0.448 e. The number of halogens is 1. The van der Waals surface area contributed by atoms with Crippen LogP contribution >= 0.6 is 11.3 Å². The molecule has 0 unspecified atom stereocenters. The molecule has 1 atom stereocenters. The number of thiazole rings is 1. The van der Waals surface area contributed by atoms with E-state index in [1.165, 1.54) is 36.5 Å². The molecule has 5 nitrogen and oxygen atoms in total. The third kappa shape index (κ3) is 4.12. The quantitative estimate of drug-likeness (QED) is 0.686. The molecule has 0 bridgehead atoms. The highest BCUT2D eigenvalue weighted by molar-refractivity contribution is 7.13. The molecule has 0 spiro atoms. The van der Waals surface area contributed by atoms with Crippen molar-refractivity contribution in [1.29, 1.82) is 0 Å². The molecule has 132 valence electrons. The highest BCUT2D eigenvalue weighted by Gasteiger charge is 2.21. The number of nitrogens with one attached hydrogen (secondary N) is 1. The van der Waals surface area contributed by atoms with Gasteiger partial charge in [0.05, 0.1) is 5.69 Å². The average Bonchev–Trinajstić information content (AvgIpc) is 3.14. The van der Waals surface area contributed by atoms with Crippen LogP contribution < -0.4 is 5.32 Å². The van der Waals surface area contributed by atoms with Crippen molar-refractivity contribution in [3.63, 3.8) is 0 Å². The predicted octanol–water partition coefficient (Wildman–Crippen LogP) is 4.13. The second kappa shape index (κ2) is 7.88. The largest absolute Gasteiger partial charge is 0.448 e. The molecule has 1 aromatic heterocycles. The van der Waals surface area contributed by atoms with Crippen molar-refractivity contribution in [3.05, 3.63) is 71.5 Å². The van der Waals surface area contributed by atoms with Crippen LogP contribution in [-0.4, -0.2) is 23.0 Å². The van der Waals surface area contributed by atoms with Crippen molar-refractivity contribution < 1.29 is 18.7 Å². The van der Waals surface area contributed by atoms with Gasteiger partial charge in [-0.3, -0.25) is 4.79 Å². The Labute approximate surface area is 153 Å². The van der Waals surface area contributed by atoms with E-state index in [1.54, 1.807) is 11.4 Å². The number of aromatic nitrogens is 1. The second-order valence-electron chi connectivity index (χ2n) is 5.42. The predicted molar refractivity (Wildman–Crippen MR) is 97.5 cm³/mol. The fourth-order valence-corrected chi connectivity index (χ4v) is 2.95. The Kier molecular flexibility index (Phi) is 5.38. The first-order chi connectivity index (χ1) is 12.5. The lowest BCUT2D eigenvalue weighted by atomic mass is 10.2. The number of rotatable bonds is 5. The topological polar surface area (TPSA) is 68.3 Å². The van der Waals surface area contributed by atoms with Crippen LogP contribution in [0.25, 0.3) is 10.6 Å². The lowest BCUT2D eigenvalue weighted by Crippen LogP contribution is -2.30. The van der Waals surface area contributed by atoms with Gasteiger partial charge in [-0.1, -0.05) is 42.5 Å². The number of hydrogen-bond acceptors (Lipinski definition) is 5. The molecular weight excluding hydrogens is 355 g/mol. The number of benzene rings is 2. The van der Waals surface area contributed by atoms with E-state index in [1.807, 2.05) is 30.3 Å². The van der Waals surface area contributed by atoms with Crippen LogP contribution in [0.4, 0.5) is 10.1 Å². The maximum atomic E-state index is 13.6. The van der Waals surface area contributed by atoms with Gasteiger partial charge in [0.15, 0.2) is 11.8 Å². The molecule has 1 heterocycles. The fraction of sp³-hybridized carbons (Fsp3) is 0.105. The zero-order valence-electron chi connectivity index (χ0n) is 13.8. The summed E-state index contributed by atoms with van der Waals surface area (Å²) in [5, 5.41) is 4.65. The van der Waals surface area contributed by atoms with Crippen LogP contribution in [0.1, 0.15) is 17.4 Å². The van der Waals surface area contributed by atoms with Gasteiger partial charge >= 0.3 is 5.97 Å². The summed E-state index contributed by atoms with van der Waals surface area (Å²) in [5.74, 6) is -1.90. The van der Waals surface area contributed by atoms with E-state index in [0.29, 0.717) is 5.01 Å². The first-order valence-corrected chi connectivity index (χ1v) is 8.70. The smallest absolute Gasteiger partial charge is 0.358 e. The van der Waals surface area contributed by atoms with E-state index in [0.717, 1.165) is 5.56 Å². The molecule has 26 heavy (non-hydrogen) atoms. The minimum atomic E-state index is -1.09. The number of amides is 1. The Hall–Kier alpha value is -3.06. The van der Waals surface area contributed by atoms with Crippen molar-refractivity contribution in [2.45, 2.75) is 13.0 Å². The summed E-state index contributed by atoms with van der Waals surface area (Å²) in [6.07, 6.45) is -1.09. The van der Waals surface area contributed by atoms with Crippen molar-refractivity contribution >= 4 is 28.9 Å². The standard InChI is InChI=1S/C19H15FN2O3S/c1-12(17(23)21-15-10-6-5-9-14(15)20)25-19(24)16-11-26-18(22-16)13-7-3-2-4-8-13/h2-12H,1H3,(H,21,23)/t12-/m1/s1. The highest BCUT2D eigenvalue weighted by atomic mass is 32.1. The van der Waals surface area contributed by atoms with E-state index in [-0.39, 0.29) is 11.4 Å². The number of esters is 1. The number of carbonyl (C=O) groups is 2. The maximum absolute atomic E-state index is 13.6. The molecule has 0 aliphatic carbocycles.